The minimum atomic E-state index is -0.904. The lowest BCUT2D eigenvalue weighted by atomic mass is 9.94. The van der Waals surface area contributed by atoms with Crippen molar-refractivity contribution in [2.45, 2.75) is 6.04 Å². The molecular weight excluding hydrogens is 430 g/mol. The monoisotopic (exact) mass is 455 g/mol. The molecule has 1 atom stereocenters. The Morgan fingerprint density at radius 2 is 1.79 bits per heavy atom. The second-order valence-electron chi connectivity index (χ2n) is 7.45. The molecule has 1 saturated heterocycles. The summed E-state index contributed by atoms with van der Waals surface area (Å²) in [5.74, 6) is 0.105. The summed E-state index contributed by atoms with van der Waals surface area (Å²) in [6.45, 7) is 1.15. The van der Waals surface area contributed by atoms with Crippen LogP contribution in [-0.2, 0) is 14.3 Å². The zero-order chi connectivity index (χ0) is 23.5. The molecule has 2 aliphatic heterocycles. The number of fused-ring (bicyclic) bond motifs is 1. The fourth-order valence-electron chi connectivity index (χ4n) is 4.02. The molecule has 9 nitrogen and oxygen atoms in total. The number of aliphatic hydroxyl groups excluding tert-OH is 1. The highest BCUT2D eigenvalue weighted by Crippen LogP contribution is 2.44. The van der Waals surface area contributed by atoms with Crippen molar-refractivity contribution < 1.29 is 38.4 Å². The summed E-state index contributed by atoms with van der Waals surface area (Å²) < 4.78 is 27.1. The number of hydrogen-bond acceptors (Lipinski definition) is 8. The van der Waals surface area contributed by atoms with Crippen LogP contribution in [0.25, 0.3) is 5.76 Å². The van der Waals surface area contributed by atoms with Gasteiger partial charge in [0.05, 0.1) is 32.4 Å². The first-order chi connectivity index (χ1) is 16.0. The molecule has 2 aromatic rings. The zero-order valence-electron chi connectivity index (χ0n) is 18.6. The van der Waals surface area contributed by atoms with E-state index in [2.05, 4.69) is 0 Å². The van der Waals surface area contributed by atoms with Crippen molar-refractivity contribution in [1.29, 1.82) is 0 Å². The average molecular weight is 455 g/mol. The highest BCUT2D eigenvalue weighted by molar-refractivity contribution is 6.46. The van der Waals surface area contributed by atoms with Gasteiger partial charge in [-0.3, -0.25) is 9.59 Å². The number of carbonyl (C=O) groups is 2. The van der Waals surface area contributed by atoms with E-state index >= 15 is 0 Å². The van der Waals surface area contributed by atoms with E-state index in [-0.39, 0.29) is 24.5 Å². The van der Waals surface area contributed by atoms with Gasteiger partial charge >= 0.3 is 0 Å². The van der Waals surface area contributed by atoms with Crippen molar-refractivity contribution in [2.24, 2.45) is 0 Å². The van der Waals surface area contributed by atoms with Crippen LogP contribution in [0.5, 0.6) is 23.0 Å². The van der Waals surface area contributed by atoms with Crippen LogP contribution in [-0.4, -0.2) is 69.4 Å². The van der Waals surface area contributed by atoms with Gasteiger partial charge in [-0.05, 0) is 36.4 Å². The zero-order valence-corrected chi connectivity index (χ0v) is 18.6. The summed E-state index contributed by atoms with van der Waals surface area (Å²) in [6.07, 6.45) is 0. The summed E-state index contributed by atoms with van der Waals surface area (Å²) in [7, 11) is 4.52. The lowest BCUT2D eigenvalue weighted by Gasteiger charge is -2.26. The fraction of sp³-hybridized carbons (Fsp3) is 0.333. The Morgan fingerprint density at radius 1 is 1.03 bits per heavy atom. The minimum absolute atomic E-state index is 0.0562. The fourth-order valence-corrected chi connectivity index (χ4v) is 4.02. The van der Waals surface area contributed by atoms with Gasteiger partial charge in [-0.25, -0.2) is 0 Å². The van der Waals surface area contributed by atoms with E-state index in [4.69, 9.17) is 23.7 Å². The maximum atomic E-state index is 13.1. The molecule has 0 aromatic heterocycles. The van der Waals surface area contributed by atoms with E-state index in [0.717, 1.165) is 0 Å². The number of likely N-dealkylation sites (tertiary alicyclic amines) is 1. The van der Waals surface area contributed by atoms with E-state index in [0.29, 0.717) is 47.3 Å². The van der Waals surface area contributed by atoms with Crippen molar-refractivity contribution in [3.8, 4) is 23.0 Å². The van der Waals surface area contributed by atoms with Gasteiger partial charge in [-0.2, -0.15) is 0 Å². The van der Waals surface area contributed by atoms with E-state index in [1.807, 2.05) is 0 Å². The van der Waals surface area contributed by atoms with Gasteiger partial charge in [-0.1, -0.05) is 0 Å². The van der Waals surface area contributed by atoms with Crippen LogP contribution in [0.3, 0.4) is 0 Å². The SMILES string of the molecule is COCCN1C(=O)C(=O)/C(=C(/O)c2ccc3c(c2)OCCO3)C1c1cc(OC)ccc1OC. The number of ether oxygens (including phenoxy) is 5. The predicted molar refractivity (Wildman–Crippen MR) is 118 cm³/mol. The Bertz CT molecular complexity index is 1110. The molecule has 174 valence electrons. The summed E-state index contributed by atoms with van der Waals surface area (Å²) in [4.78, 5) is 27.5. The normalized spacial score (nSPS) is 19.0. The van der Waals surface area contributed by atoms with E-state index < -0.39 is 17.7 Å². The minimum Gasteiger partial charge on any atom is -0.507 e. The first-order valence-electron chi connectivity index (χ1n) is 10.4. The average Bonchev–Trinajstić information content (AvgIpc) is 3.10. The Kier molecular flexibility index (Phi) is 6.41. The number of methoxy groups -OCH3 is 3. The Hall–Kier alpha value is -3.72. The number of aliphatic hydroxyl groups is 1. The molecule has 4 rings (SSSR count). The second-order valence-corrected chi connectivity index (χ2v) is 7.45. The molecule has 9 heteroatoms. The lowest BCUT2D eigenvalue weighted by molar-refractivity contribution is -0.140. The van der Waals surface area contributed by atoms with Crippen LogP contribution in [0.2, 0.25) is 0 Å². The summed E-state index contributed by atoms with van der Waals surface area (Å²) in [5, 5.41) is 11.3. The van der Waals surface area contributed by atoms with Gasteiger partial charge in [0.2, 0.25) is 0 Å². The molecule has 0 radical (unpaired) electrons. The Labute approximate surface area is 191 Å². The summed E-state index contributed by atoms with van der Waals surface area (Å²) >= 11 is 0. The molecule has 0 spiro atoms. The number of carbonyl (C=O) groups excluding carboxylic acids is 2. The molecule has 33 heavy (non-hydrogen) atoms. The highest BCUT2D eigenvalue weighted by atomic mass is 16.6. The van der Waals surface area contributed by atoms with Crippen LogP contribution in [0.4, 0.5) is 0 Å². The number of ketones is 1. The first kappa shape index (κ1) is 22.5. The third-order valence-electron chi connectivity index (χ3n) is 5.62. The molecule has 1 unspecified atom stereocenters. The molecule has 0 aliphatic carbocycles. The number of hydrogen-bond donors (Lipinski definition) is 1. The van der Waals surface area contributed by atoms with Gasteiger partial charge in [0, 0.05) is 24.8 Å². The lowest BCUT2D eigenvalue weighted by Crippen LogP contribution is -2.32. The molecular formula is C24H25NO8. The van der Waals surface area contributed by atoms with E-state index in [9.17, 15) is 14.7 Å². The summed E-state index contributed by atoms with van der Waals surface area (Å²) in [5.41, 5.74) is 0.779. The van der Waals surface area contributed by atoms with Gasteiger partial charge in [0.15, 0.2) is 11.5 Å². The molecule has 0 saturated carbocycles. The third kappa shape index (κ3) is 4.07. The van der Waals surface area contributed by atoms with Crippen LogP contribution in [0.15, 0.2) is 42.0 Å². The molecule has 2 aliphatic rings. The van der Waals surface area contributed by atoms with Crippen molar-refractivity contribution >= 4 is 17.4 Å². The highest BCUT2D eigenvalue weighted by Gasteiger charge is 2.47. The number of Topliss-reactive ketones (excluding diaryl/α,β-unsaturated/α-hetero) is 1. The smallest absolute Gasteiger partial charge is 0.295 e. The largest absolute Gasteiger partial charge is 0.507 e. The van der Waals surface area contributed by atoms with E-state index in [1.165, 1.54) is 26.2 Å². The molecule has 1 N–H and O–H groups in total. The summed E-state index contributed by atoms with van der Waals surface area (Å²) in [6, 6.07) is 9.05. The van der Waals surface area contributed by atoms with Gasteiger partial charge in [0.1, 0.15) is 30.5 Å². The van der Waals surface area contributed by atoms with Crippen LogP contribution >= 0.6 is 0 Å². The van der Waals surface area contributed by atoms with Gasteiger partial charge < -0.3 is 33.7 Å². The number of rotatable bonds is 7. The van der Waals surface area contributed by atoms with Crippen molar-refractivity contribution in [2.75, 3.05) is 47.7 Å². The molecule has 2 heterocycles. The standard InChI is InChI=1S/C24H25NO8/c1-29-9-8-25-21(16-13-15(30-2)5-7-17(16)31-3)20(23(27)24(25)28)22(26)14-4-6-18-19(12-14)33-11-10-32-18/h4-7,12-13,21,26H,8-11H2,1-3H3/b22-20+. The van der Waals surface area contributed by atoms with E-state index in [1.54, 1.807) is 36.4 Å². The topological polar surface area (TPSA) is 104 Å². The number of benzene rings is 2. The quantitative estimate of drug-likeness (QED) is 0.386. The maximum Gasteiger partial charge on any atom is 0.295 e. The van der Waals surface area contributed by atoms with Crippen LogP contribution < -0.4 is 18.9 Å². The number of nitrogens with zero attached hydrogens (tertiary/aromatic N) is 1. The molecule has 1 fully saturated rings. The van der Waals surface area contributed by atoms with Crippen molar-refractivity contribution in [3.63, 3.8) is 0 Å². The molecule has 0 bridgehead atoms. The van der Waals surface area contributed by atoms with Crippen LogP contribution in [0.1, 0.15) is 17.2 Å². The molecule has 2 aromatic carbocycles. The van der Waals surface area contributed by atoms with Crippen LogP contribution in [0, 0.1) is 0 Å². The van der Waals surface area contributed by atoms with Crippen molar-refractivity contribution in [3.05, 3.63) is 53.1 Å². The molecule has 1 amide bonds. The second kappa shape index (κ2) is 9.41. The Balaban J connectivity index is 1.89. The predicted octanol–water partition coefficient (Wildman–Crippen LogP) is 2.54. The van der Waals surface area contributed by atoms with Gasteiger partial charge in [-0.15, -0.1) is 0 Å². The third-order valence-corrected chi connectivity index (χ3v) is 5.62. The van der Waals surface area contributed by atoms with Crippen molar-refractivity contribution in [1.82, 2.24) is 4.90 Å². The Morgan fingerprint density at radius 3 is 2.48 bits per heavy atom. The van der Waals surface area contributed by atoms with Gasteiger partial charge in [0.25, 0.3) is 11.7 Å². The number of amides is 1. The first-order valence-corrected chi connectivity index (χ1v) is 10.4. The maximum absolute atomic E-state index is 13.1.